The van der Waals surface area contributed by atoms with Crippen LogP contribution in [0.2, 0.25) is 5.02 Å². The fourth-order valence-electron chi connectivity index (χ4n) is 1.54. The zero-order valence-electron chi connectivity index (χ0n) is 8.04. The standard InChI is InChI=1S/C12H6BrClOS/c13-7-4-5-11-10(6-7)15-9-3-1-2-8(14)12(9)16-11/h1-6H. The van der Waals surface area contributed by atoms with Crippen LogP contribution in [-0.4, -0.2) is 0 Å². The summed E-state index contributed by atoms with van der Waals surface area (Å²) in [6.45, 7) is 0. The Hall–Kier alpha value is -0.640. The number of benzene rings is 2. The molecule has 4 heteroatoms. The van der Waals surface area contributed by atoms with Crippen LogP contribution < -0.4 is 4.74 Å². The van der Waals surface area contributed by atoms with Gasteiger partial charge in [-0.25, -0.2) is 0 Å². The van der Waals surface area contributed by atoms with Gasteiger partial charge in [-0.2, -0.15) is 0 Å². The molecule has 0 unspecified atom stereocenters. The van der Waals surface area contributed by atoms with Crippen molar-refractivity contribution in [1.82, 2.24) is 0 Å². The van der Waals surface area contributed by atoms with Gasteiger partial charge in [-0.05, 0) is 30.3 Å². The van der Waals surface area contributed by atoms with Gasteiger partial charge in [0.15, 0.2) is 0 Å². The highest BCUT2D eigenvalue weighted by Gasteiger charge is 2.19. The molecular weight excluding hydrogens is 308 g/mol. The first-order valence-corrected chi connectivity index (χ1v) is 6.66. The Morgan fingerprint density at radius 2 is 2.00 bits per heavy atom. The third kappa shape index (κ3) is 1.73. The van der Waals surface area contributed by atoms with Crippen molar-refractivity contribution < 1.29 is 4.74 Å². The van der Waals surface area contributed by atoms with E-state index in [0.29, 0.717) is 0 Å². The predicted octanol–water partition coefficient (Wildman–Crippen LogP) is 5.36. The molecule has 0 aliphatic carbocycles. The molecule has 80 valence electrons. The van der Waals surface area contributed by atoms with Gasteiger partial charge in [-0.1, -0.05) is 45.4 Å². The van der Waals surface area contributed by atoms with Crippen molar-refractivity contribution in [2.75, 3.05) is 0 Å². The number of hydrogen-bond donors (Lipinski definition) is 0. The highest BCUT2D eigenvalue weighted by atomic mass is 79.9. The topological polar surface area (TPSA) is 9.23 Å². The molecule has 0 amide bonds. The van der Waals surface area contributed by atoms with Crippen LogP contribution in [0.1, 0.15) is 0 Å². The first-order valence-electron chi connectivity index (χ1n) is 4.68. The SMILES string of the molecule is Clc1cccc2c1Sc1ccc(Br)cc1O2. The summed E-state index contributed by atoms with van der Waals surface area (Å²) < 4.78 is 6.82. The van der Waals surface area contributed by atoms with Crippen LogP contribution in [0, 0.1) is 0 Å². The van der Waals surface area contributed by atoms with E-state index in [0.717, 1.165) is 30.8 Å². The van der Waals surface area contributed by atoms with E-state index in [1.54, 1.807) is 11.8 Å². The molecule has 16 heavy (non-hydrogen) atoms. The Morgan fingerprint density at radius 3 is 2.88 bits per heavy atom. The molecule has 1 aliphatic heterocycles. The highest BCUT2D eigenvalue weighted by Crippen LogP contribution is 2.50. The van der Waals surface area contributed by atoms with Crippen molar-refractivity contribution in [3.63, 3.8) is 0 Å². The number of halogens is 2. The van der Waals surface area contributed by atoms with Crippen LogP contribution in [-0.2, 0) is 0 Å². The monoisotopic (exact) mass is 312 g/mol. The second-order valence-electron chi connectivity index (χ2n) is 3.36. The summed E-state index contributed by atoms with van der Waals surface area (Å²) >= 11 is 11.2. The normalized spacial score (nSPS) is 12.6. The van der Waals surface area contributed by atoms with Crippen LogP contribution in [0.5, 0.6) is 11.5 Å². The summed E-state index contributed by atoms with van der Waals surface area (Å²) in [4.78, 5) is 2.07. The molecule has 0 bridgehead atoms. The van der Waals surface area contributed by atoms with E-state index in [9.17, 15) is 0 Å². The van der Waals surface area contributed by atoms with Gasteiger partial charge < -0.3 is 4.74 Å². The maximum Gasteiger partial charge on any atom is 0.142 e. The third-order valence-corrected chi connectivity index (χ3v) is 4.37. The molecular formula is C12H6BrClOS. The Bertz CT molecular complexity index is 571. The van der Waals surface area contributed by atoms with Gasteiger partial charge >= 0.3 is 0 Å². The summed E-state index contributed by atoms with van der Waals surface area (Å²) in [5.41, 5.74) is 0. The minimum atomic E-state index is 0.732. The summed E-state index contributed by atoms with van der Waals surface area (Å²) in [6.07, 6.45) is 0. The van der Waals surface area contributed by atoms with E-state index in [1.807, 2.05) is 36.4 Å². The van der Waals surface area contributed by atoms with Crippen molar-refractivity contribution in [2.45, 2.75) is 9.79 Å². The van der Waals surface area contributed by atoms with Gasteiger partial charge in [0.25, 0.3) is 0 Å². The molecule has 0 radical (unpaired) electrons. The summed E-state index contributed by atoms with van der Waals surface area (Å²) in [5, 5.41) is 0.732. The summed E-state index contributed by atoms with van der Waals surface area (Å²) in [5.74, 6) is 1.69. The molecule has 1 aliphatic rings. The quantitative estimate of drug-likeness (QED) is 0.552. The molecule has 3 rings (SSSR count). The molecule has 2 aromatic carbocycles. The van der Waals surface area contributed by atoms with Crippen molar-refractivity contribution in [2.24, 2.45) is 0 Å². The maximum atomic E-state index is 6.13. The van der Waals surface area contributed by atoms with Crippen LogP contribution in [0.25, 0.3) is 0 Å². The third-order valence-electron chi connectivity index (χ3n) is 2.27. The second kappa shape index (κ2) is 3.99. The minimum absolute atomic E-state index is 0.732. The van der Waals surface area contributed by atoms with E-state index in [4.69, 9.17) is 16.3 Å². The molecule has 0 N–H and O–H groups in total. The van der Waals surface area contributed by atoms with Gasteiger partial charge in [-0.15, -0.1) is 0 Å². The second-order valence-corrected chi connectivity index (χ2v) is 5.74. The number of fused-ring (bicyclic) bond motifs is 2. The van der Waals surface area contributed by atoms with Crippen molar-refractivity contribution in [3.05, 3.63) is 45.9 Å². The van der Waals surface area contributed by atoms with E-state index >= 15 is 0 Å². The molecule has 0 fully saturated rings. The molecule has 1 heterocycles. The molecule has 0 atom stereocenters. The zero-order valence-corrected chi connectivity index (χ0v) is 11.2. The van der Waals surface area contributed by atoms with Crippen LogP contribution in [0.4, 0.5) is 0 Å². The van der Waals surface area contributed by atoms with Gasteiger partial charge in [-0.3, -0.25) is 0 Å². The first-order chi connectivity index (χ1) is 7.74. The zero-order chi connectivity index (χ0) is 11.1. The Balaban J connectivity index is 2.13. The van der Waals surface area contributed by atoms with Gasteiger partial charge in [0, 0.05) is 4.47 Å². The van der Waals surface area contributed by atoms with Crippen LogP contribution >= 0.6 is 39.3 Å². The average Bonchev–Trinajstić information content (AvgIpc) is 2.27. The maximum absolute atomic E-state index is 6.13. The largest absolute Gasteiger partial charge is 0.455 e. The Kier molecular flexibility index (Phi) is 2.62. The lowest BCUT2D eigenvalue weighted by Crippen LogP contribution is -1.95. The number of rotatable bonds is 0. The van der Waals surface area contributed by atoms with E-state index in [-0.39, 0.29) is 0 Å². The van der Waals surface area contributed by atoms with Gasteiger partial charge in [0.2, 0.25) is 0 Å². The molecule has 0 aromatic heterocycles. The molecule has 0 saturated heterocycles. The van der Waals surface area contributed by atoms with Crippen LogP contribution in [0.3, 0.4) is 0 Å². The molecule has 0 saturated carbocycles. The Labute approximate surface area is 111 Å². The predicted molar refractivity (Wildman–Crippen MR) is 69.8 cm³/mol. The lowest BCUT2D eigenvalue weighted by atomic mass is 10.3. The fraction of sp³-hybridized carbons (Fsp3) is 0. The molecule has 2 aromatic rings. The van der Waals surface area contributed by atoms with E-state index in [2.05, 4.69) is 15.9 Å². The molecule has 0 spiro atoms. The summed E-state index contributed by atoms with van der Waals surface area (Å²) in [7, 11) is 0. The van der Waals surface area contributed by atoms with E-state index in [1.165, 1.54) is 0 Å². The Morgan fingerprint density at radius 1 is 1.12 bits per heavy atom. The highest BCUT2D eigenvalue weighted by molar-refractivity contribution is 9.10. The minimum Gasteiger partial charge on any atom is -0.455 e. The van der Waals surface area contributed by atoms with Crippen molar-refractivity contribution in [1.29, 1.82) is 0 Å². The number of hydrogen-bond acceptors (Lipinski definition) is 2. The van der Waals surface area contributed by atoms with Crippen molar-refractivity contribution in [3.8, 4) is 11.5 Å². The van der Waals surface area contributed by atoms with E-state index < -0.39 is 0 Å². The van der Waals surface area contributed by atoms with Gasteiger partial charge in [0.05, 0.1) is 14.8 Å². The average molecular weight is 314 g/mol. The van der Waals surface area contributed by atoms with Gasteiger partial charge in [0.1, 0.15) is 11.5 Å². The summed E-state index contributed by atoms with van der Waals surface area (Å²) in [6, 6.07) is 11.7. The van der Waals surface area contributed by atoms with Crippen LogP contribution in [0.15, 0.2) is 50.7 Å². The fourth-order valence-corrected chi connectivity index (χ4v) is 3.10. The lowest BCUT2D eigenvalue weighted by Gasteiger charge is -2.20. The lowest BCUT2D eigenvalue weighted by molar-refractivity contribution is 0.454. The smallest absolute Gasteiger partial charge is 0.142 e. The first kappa shape index (κ1) is 10.5. The van der Waals surface area contributed by atoms with Crippen molar-refractivity contribution >= 4 is 39.3 Å². The molecule has 1 nitrogen and oxygen atoms in total. The number of ether oxygens (including phenoxy) is 1.